The average Bonchev–Trinajstić information content (AvgIpc) is 2.69. The highest BCUT2D eigenvalue weighted by atomic mass is 19.4. The molecule has 0 spiro atoms. The van der Waals surface area contributed by atoms with E-state index in [1.165, 1.54) is 4.98 Å². The van der Waals surface area contributed by atoms with Crippen molar-refractivity contribution in [2.24, 2.45) is 0 Å². The predicted octanol–water partition coefficient (Wildman–Crippen LogP) is 2.37. The molecule has 174 valence electrons. The van der Waals surface area contributed by atoms with Gasteiger partial charge >= 0.3 is 23.5 Å². The van der Waals surface area contributed by atoms with E-state index in [0.29, 0.717) is 18.6 Å². The second-order valence-electron chi connectivity index (χ2n) is 6.44. The number of hydrogen-bond donors (Lipinski definition) is 1. The molecule has 0 aliphatic heterocycles. The average molecular weight is 463 g/mol. The van der Waals surface area contributed by atoms with Crippen LogP contribution in [0.25, 0.3) is 0 Å². The summed E-state index contributed by atoms with van der Waals surface area (Å²) in [6.45, 7) is 0.356. The highest BCUT2D eigenvalue weighted by Gasteiger charge is 2.33. The molecule has 0 bridgehead atoms. The second kappa shape index (κ2) is 10.1. The van der Waals surface area contributed by atoms with E-state index in [1.54, 1.807) is 0 Å². The topological polar surface area (TPSA) is 134 Å². The number of carbonyl (C=O) groups is 1. The molecule has 0 unspecified atom stereocenters. The van der Waals surface area contributed by atoms with E-state index in [9.17, 15) is 42.1 Å². The van der Waals surface area contributed by atoms with Crippen LogP contribution in [0, 0.1) is 15.9 Å². The van der Waals surface area contributed by atoms with E-state index in [2.05, 4.69) is 0 Å². The van der Waals surface area contributed by atoms with Gasteiger partial charge in [-0.15, -0.1) is 0 Å². The number of nitro groups is 1. The van der Waals surface area contributed by atoms with Gasteiger partial charge in [0.1, 0.15) is 11.5 Å². The third-order valence-electron chi connectivity index (χ3n) is 4.09. The number of alkyl halides is 3. The number of unbranched alkanes of at least 4 members (excludes halogenated alkanes) is 1. The van der Waals surface area contributed by atoms with Crippen LogP contribution in [-0.4, -0.2) is 33.7 Å². The van der Waals surface area contributed by atoms with Crippen molar-refractivity contribution < 1.29 is 36.8 Å². The van der Waals surface area contributed by atoms with Crippen LogP contribution in [0.3, 0.4) is 0 Å². The van der Waals surface area contributed by atoms with E-state index in [-0.39, 0.29) is 17.2 Å². The standard InChI is InChI=1S/C18H17F4N3O7/c1-2-3-4-31-16(27)9-32-13-6-11(19)10(5-12(13)25(29)30)8-24-15(26)7-14(18(20,21)22)23-17(24)28/h5-7H,2-4,8-9H2,1H3,(H,23,28). The van der Waals surface area contributed by atoms with E-state index in [1.807, 2.05) is 6.92 Å². The number of esters is 1. The number of H-pyrrole nitrogens is 1. The molecule has 0 atom stereocenters. The maximum atomic E-state index is 14.5. The number of hydrogen-bond acceptors (Lipinski definition) is 7. The SMILES string of the molecule is CCCCOC(=O)COc1cc(F)c(Cn2c(=O)cc(C(F)(F)F)[nH]c2=O)cc1[N+](=O)[O-]. The first kappa shape index (κ1) is 24.6. The van der Waals surface area contributed by atoms with Crippen LogP contribution in [0.4, 0.5) is 23.2 Å². The molecular weight excluding hydrogens is 446 g/mol. The first-order valence-electron chi connectivity index (χ1n) is 9.10. The Bertz CT molecular complexity index is 1090. The Labute approximate surface area is 176 Å². The summed E-state index contributed by atoms with van der Waals surface area (Å²) < 4.78 is 62.5. The number of aromatic nitrogens is 2. The lowest BCUT2D eigenvalue weighted by atomic mass is 10.1. The largest absolute Gasteiger partial charge is 0.475 e. The van der Waals surface area contributed by atoms with Crippen LogP contribution in [0.15, 0.2) is 27.8 Å². The lowest BCUT2D eigenvalue weighted by Gasteiger charge is -2.11. The molecular formula is C18H17F4N3O7. The van der Waals surface area contributed by atoms with Crippen molar-refractivity contribution in [3.8, 4) is 5.75 Å². The molecule has 0 saturated carbocycles. The van der Waals surface area contributed by atoms with Crippen LogP contribution >= 0.6 is 0 Å². The number of nitro benzene ring substituents is 1. The number of aromatic amines is 1. The zero-order valence-electron chi connectivity index (χ0n) is 16.5. The Morgan fingerprint density at radius 2 is 1.94 bits per heavy atom. The van der Waals surface area contributed by atoms with Gasteiger partial charge in [0, 0.05) is 23.8 Å². The summed E-state index contributed by atoms with van der Waals surface area (Å²) in [5, 5.41) is 11.3. The van der Waals surface area contributed by atoms with Gasteiger partial charge in [0.2, 0.25) is 5.75 Å². The van der Waals surface area contributed by atoms with E-state index in [4.69, 9.17) is 9.47 Å². The molecule has 2 rings (SSSR count). The first-order chi connectivity index (χ1) is 14.9. The first-order valence-corrected chi connectivity index (χ1v) is 9.10. The maximum Gasteiger partial charge on any atom is 0.431 e. The molecule has 1 aromatic heterocycles. The van der Waals surface area contributed by atoms with Crippen molar-refractivity contribution in [3.63, 3.8) is 0 Å². The number of ether oxygens (including phenoxy) is 2. The third-order valence-corrected chi connectivity index (χ3v) is 4.09. The van der Waals surface area contributed by atoms with Gasteiger partial charge in [-0.1, -0.05) is 13.3 Å². The smallest absolute Gasteiger partial charge is 0.431 e. The Morgan fingerprint density at radius 3 is 2.50 bits per heavy atom. The minimum Gasteiger partial charge on any atom is -0.475 e. The van der Waals surface area contributed by atoms with Crippen molar-refractivity contribution in [1.82, 2.24) is 9.55 Å². The molecule has 1 heterocycles. The molecule has 0 radical (unpaired) electrons. The molecule has 0 aliphatic rings. The Morgan fingerprint density at radius 1 is 1.25 bits per heavy atom. The third kappa shape index (κ3) is 6.15. The molecule has 0 fully saturated rings. The van der Waals surface area contributed by atoms with Gasteiger partial charge in [0.15, 0.2) is 6.61 Å². The van der Waals surface area contributed by atoms with E-state index >= 15 is 0 Å². The summed E-state index contributed by atoms with van der Waals surface area (Å²) >= 11 is 0. The molecule has 0 amide bonds. The van der Waals surface area contributed by atoms with Crippen molar-refractivity contribution in [1.29, 1.82) is 0 Å². The zero-order chi connectivity index (χ0) is 24.1. The Kier molecular flexibility index (Phi) is 7.72. The van der Waals surface area contributed by atoms with Gasteiger partial charge in [0.25, 0.3) is 5.56 Å². The van der Waals surface area contributed by atoms with Crippen LogP contribution in [0.1, 0.15) is 31.0 Å². The number of carbonyl (C=O) groups excluding carboxylic acids is 1. The number of halogens is 4. The van der Waals surface area contributed by atoms with Gasteiger partial charge in [-0.2, -0.15) is 13.2 Å². The Hall–Kier alpha value is -3.71. The summed E-state index contributed by atoms with van der Waals surface area (Å²) in [6, 6.07) is 1.32. The summed E-state index contributed by atoms with van der Waals surface area (Å²) in [5.74, 6) is -2.60. The van der Waals surface area contributed by atoms with Gasteiger partial charge in [-0.3, -0.25) is 19.5 Å². The second-order valence-corrected chi connectivity index (χ2v) is 6.44. The summed E-state index contributed by atoms with van der Waals surface area (Å²) in [5.41, 5.74) is -5.80. The highest BCUT2D eigenvalue weighted by molar-refractivity contribution is 5.71. The molecule has 2 aromatic rings. The number of nitrogens with one attached hydrogen (secondary N) is 1. The quantitative estimate of drug-likeness (QED) is 0.198. The normalized spacial score (nSPS) is 11.3. The van der Waals surface area contributed by atoms with E-state index < -0.39 is 70.0 Å². The molecule has 0 aliphatic carbocycles. The van der Waals surface area contributed by atoms with Crippen molar-refractivity contribution in [2.45, 2.75) is 32.5 Å². The minimum absolute atomic E-state index is 0.106. The van der Waals surface area contributed by atoms with Gasteiger partial charge in [0.05, 0.1) is 18.1 Å². The highest BCUT2D eigenvalue weighted by Crippen LogP contribution is 2.30. The summed E-state index contributed by atoms with van der Waals surface area (Å²) in [6.07, 6.45) is -3.63. The number of rotatable bonds is 9. The molecule has 10 nitrogen and oxygen atoms in total. The fourth-order valence-corrected chi connectivity index (χ4v) is 2.47. The minimum atomic E-state index is -4.99. The predicted molar refractivity (Wildman–Crippen MR) is 99.8 cm³/mol. The molecule has 0 saturated heterocycles. The van der Waals surface area contributed by atoms with Gasteiger partial charge in [-0.25, -0.2) is 14.0 Å². The van der Waals surface area contributed by atoms with Crippen LogP contribution < -0.4 is 16.0 Å². The maximum absolute atomic E-state index is 14.5. The number of nitrogens with zero attached hydrogens (tertiary/aromatic N) is 2. The van der Waals surface area contributed by atoms with Crippen LogP contribution in [0.5, 0.6) is 5.75 Å². The molecule has 32 heavy (non-hydrogen) atoms. The lowest BCUT2D eigenvalue weighted by molar-refractivity contribution is -0.385. The molecule has 1 N–H and O–H groups in total. The fraction of sp³-hybridized carbons (Fsp3) is 0.389. The number of benzene rings is 1. The lowest BCUT2D eigenvalue weighted by Crippen LogP contribution is -2.37. The van der Waals surface area contributed by atoms with Crippen LogP contribution in [0.2, 0.25) is 0 Å². The van der Waals surface area contributed by atoms with Crippen molar-refractivity contribution in [3.05, 3.63) is 66.2 Å². The molecule has 14 heteroatoms. The van der Waals surface area contributed by atoms with Gasteiger partial charge in [-0.05, 0) is 6.42 Å². The van der Waals surface area contributed by atoms with Crippen molar-refractivity contribution in [2.75, 3.05) is 13.2 Å². The van der Waals surface area contributed by atoms with Gasteiger partial charge < -0.3 is 14.5 Å². The summed E-state index contributed by atoms with van der Waals surface area (Å²) in [4.78, 5) is 47.1. The zero-order valence-corrected chi connectivity index (χ0v) is 16.5. The summed E-state index contributed by atoms with van der Waals surface area (Å²) in [7, 11) is 0. The fourth-order valence-electron chi connectivity index (χ4n) is 2.47. The Balaban J connectivity index is 2.31. The van der Waals surface area contributed by atoms with Crippen LogP contribution in [-0.2, 0) is 22.3 Å². The van der Waals surface area contributed by atoms with E-state index in [0.717, 1.165) is 6.42 Å². The molecule has 1 aromatic carbocycles. The monoisotopic (exact) mass is 463 g/mol. The van der Waals surface area contributed by atoms with Crippen molar-refractivity contribution >= 4 is 11.7 Å².